The fraction of sp³-hybridized carbons (Fsp3) is 0.143. The van der Waals surface area contributed by atoms with Crippen molar-refractivity contribution in [3.8, 4) is 5.69 Å². The van der Waals surface area contributed by atoms with Crippen LogP contribution in [0.25, 0.3) is 16.7 Å². The van der Waals surface area contributed by atoms with Gasteiger partial charge in [-0.05, 0) is 62.7 Å². The molecule has 1 N–H and O–H groups in total. The molecule has 0 aliphatic rings. The van der Waals surface area contributed by atoms with Gasteiger partial charge in [-0.1, -0.05) is 12.1 Å². The Morgan fingerprint density at radius 1 is 0.889 bits per heavy atom. The van der Waals surface area contributed by atoms with Gasteiger partial charge in [-0.3, -0.25) is 4.57 Å². The van der Waals surface area contributed by atoms with Crippen LogP contribution in [0.5, 0.6) is 0 Å². The van der Waals surface area contributed by atoms with Gasteiger partial charge in [0.05, 0.1) is 11.1 Å². The zero-order valence-electron chi connectivity index (χ0n) is 15.2. The molecule has 4 nitrogen and oxygen atoms in total. The monoisotopic (exact) mass is 364 g/mol. The SMILES string of the molecule is Cc1nc(Nc2ccccc2F)c2c(C)c(C)n(-c3ccc(F)cc3)c2n1. The summed E-state index contributed by atoms with van der Waals surface area (Å²) in [6, 6.07) is 12.7. The van der Waals surface area contributed by atoms with E-state index in [1.54, 1.807) is 37.3 Å². The van der Waals surface area contributed by atoms with E-state index in [0.717, 1.165) is 22.3 Å². The smallest absolute Gasteiger partial charge is 0.150 e. The van der Waals surface area contributed by atoms with Gasteiger partial charge in [0, 0.05) is 11.4 Å². The first-order chi connectivity index (χ1) is 13.0. The maximum atomic E-state index is 14.1. The van der Waals surface area contributed by atoms with Crippen LogP contribution in [-0.4, -0.2) is 14.5 Å². The molecule has 27 heavy (non-hydrogen) atoms. The minimum absolute atomic E-state index is 0.294. The number of para-hydroxylation sites is 1. The number of nitrogens with zero attached hydrogens (tertiary/aromatic N) is 3. The maximum Gasteiger partial charge on any atom is 0.150 e. The van der Waals surface area contributed by atoms with Crippen molar-refractivity contribution in [3.05, 3.63) is 77.2 Å². The third kappa shape index (κ3) is 2.93. The number of benzene rings is 2. The van der Waals surface area contributed by atoms with Gasteiger partial charge in [0.15, 0.2) is 5.65 Å². The highest BCUT2D eigenvalue weighted by atomic mass is 19.1. The van der Waals surface area contributed by atoms with E-state index in [1.807, 2.05) is 18.4 Å². The van der Waals surface area contributed by atoms with E-state index in [4.69, 9.17) is 0 Å². The van der Waals surface area contributed by atoms with Crippen LogP contribution in [0.2, 0.25) is 0 Å². The van der Waals surface area contributed by atoms with Crippen molar-refractivity contribution in [1.29, 1.82) is 0 Å². The summed E-state index contributed by atoms with van der Waals surface area (Å²) in [6.45, 7) is 5.74. The molecule has 0 fully saturated rings. The Kier molecular flexibility index (Phi) is 4.11. The Morgan fingerprint density at radius 2 is 1.59 bits per heavy atom. The third-order valence-electron chi connectivity index (χ3n) is 4.68. The van der Waals surface area contributed by atoms with Crippen LogP contribution in [0, 0.1) is 32.4 Å². The molecule has 2 heterocycles. The van der Waals surface area contributed by atoms with E-state index >= 15 is 0 Å². The molecule has 136 valence electrons. The zero-order chi connectivity index (χ0) is 19.1. The van der Waals surface area contributed by atoms with Crippen molar-refractivity contribution < 1.29 is 8.78 Å². The first kappa shape index (κ1) is 17.1. The van der Waals surface area contributed by atoms with Crippen molar-refractivity contribution in [2.45, 2.75) is 20.8 Å². The van der Waals surface area contributed by atoms with Crippen molar-refractivity contribution in [2.24, 2.45) is 0 Å². The molecule has 2 aromatic carbocycles. The highest BCUT2D eigenvalue weighted by Gasteiger charge is 2.19. The Hall–Kier alpha value is -3.28. The second-order valence-electron chi connectivity index (χ2n) is 6.45. The molecule has 0 saturated heterocycles. The molecule has 6 heteroatoms. The second kappa shape index (κ2) is 6.46. The minimum atomic E-state index is -0.353. The number of fused-ring (bicyclic) bond motifs is 1. The normalized spacial score (nSPS) is 11.1. The first-order valence-electron chi connectivity index (χ1n) is 8.59. The van der Waals surface area contributed by atoms with E-state index in [9.17, 15) is 8.78 Å². The van der Waals surface area contributed by atoms with Crippen molar-refractivity contribution >= 4 is 22.5 Å². The molecule has 0 bridgehead atoms. The summed E-state index contributed by atoms with van der Waals surface area (Å²) >= 11 is 0. The second-order valence-corrected chi connectivity index (χ2v) is 6.45. The van der Waals surface area contributed by atoms with E-state index in [0.29, 0.717) is 23.0 Å². The lowest BCUT2D eigenvalue weighted by atomic mass is 10.2. The maximum absolute atomic E-state index is 14.1. The van der Waals surface area contributed by atoms with E-state index in [-0.39, 0.29) is 11.6 Å². The van der Waals surface area contributed by atoms with Gasteiger partial charge in [-0.25, -0.2) is 18.7 Å². The van der Waals surface area contributed by atoms with Gasteiger partial charge in [0.2, 0.25) is 0 Å². The van der Waals surface area contributed by atoms with Gasteiger partial charge in [0.25, 0.3) is 0 Å². The molecule has 0 unspecified atom stereocenters. The molecular formula is C21H18F2N4. The molecule has 0 spiro atoms. The fourth-order valence-corrected chi connectivity index (χ4v) is 3.26. The molecular weight excluding hydrogens is 346 g/mol. The predicted molar refractivity (Wildman–Crippen MR) is 103 cm³/mol. The number of anilines is 2. The standard InChI is InChI=1S/C21H18F2N4/c1-12-13(2)27(16-10-8-15(22)9-11-16)21-19(12)20(24-14(3)25-21)26-18-7-5-4-6-17(18)23/h4-11H,1-3H3,(H,24,25,26). The van der Waals surface area contributed by atoms with Gasteiger partial charge >= 0.3 is 0 Å². The summed E-state index contributed by atoms with van der Waals surface area (Å²) in [7, 11) is 0. The minimum Gasteiger partial charge on any atom is -0.337 e. The number of halogens is 2. The Morgan fingerprint density at radius 3 is 2.30 bits per heavy atom. The zero-order valence-corrected chi connectivity index (χ0v) is 15.2. The van der Waals surface area contributed by atoms with E-state index in [2.05, 4.69) is 15.3 Å². The number of aromatic nitrogens is 3. The van der Waals surface area contributed by atoms with Crippen molar-refractivity contribution in [2.75, 3.05) is 5.32 Å². The molecule has 0 radical (unpaired) electrons. The lowest BCUT2D eigenvalue weighted by Gasteiger charge is -2.11. The lowest BCUT2D eigenvalue weighted by Crippen LogP contribution is -2.02. The predicted octanol–water partition coefficient (Wildman–Crippen LogP) is 5.37. The van der Waals surface area contributed by atoms with Crippen LogP contribution in [0.4, 0.5) is 20.3 Å². The number of rotatable bonds is 3. The average molecular weight is 364 g/mol. The van der Waals surface area contributed by atoms with Crippen LogP contribution < -0.4 is 5.32 Å². The number of nitrogens with one attached hydrogen (secondary N) is 1. The molecule has 0 aliphatic heterocycles. The van der Waals surface area contributed by atoms with Crippen molar-refractivity contribution in [3.63, 3.8) is 0 Å². The van der Waals surface area contributed by atoms with Crippen LogP contribution in [0.15, 0.2) is 48.5 Å². The summed E-state index contributed by atoms with van der Waals surface area (Å²) in [5.74, 6) is 0.456. The largest absolute Gasteiger partial charge is 0.337 e. The molecule has 4 aromatic rings. The van der Waals surface area contributed by atoms with E-state index in [1.165, 1.54) is 18.2 Å². The number of aryl methyl sites for hydroxylation is 2. The highest BCUT2D eigenvalue weighted by Crippen LogP contribution is 2.33. The van der Waals surface area contributed by atoms with Gasteiger partial charge < -0.3 is 5.32 Å². The first-order valence-corrected chi connectivity index (χ1v) is 8.59. The van der Waals surface area contributed by atoms with Crippen LogP contribution in [0.1, 0.15) is 17.1 Å². The van der Waals surface area contributed by atoms with E-state index < -0.39 is 0 Å². The topological polar surface area (TPSA) is 42.7 Å². The van der Waals surface area contributed by atoms with Gasteiger partial charge in [0.1, 0.15) is 23.3 Å². The summed E-state index contributed by atoms with van der Waals surface area (Å²) in [5, 5.41) is 3.91. The van der Waals surface area contributed by atoms with Gasteiger partial charge in [-0.2, -0.15) is 0 Å². The molecule has 2 aromatic heterocycles. The fourth-order valence-electron chi connectivity index (χ4n) is 3.26. The summed E-state index contributed by atoms with van der Waals surface area (Å²) in [6.07, 6.45) is 0. The van der Waals surface area contributed by atoms with Crippen LogP contribution in [-0.2, 0) is 0 Å². The summed E-state index contributed by atoms with van der Waals surface area (Å²) in [5.41, 5.74) is 3.80. The average Bonchev–Trinajstić information content (AvgIpc) is 2.88. The Bertz CT molecular complexity index is 1150. The number of hydrogen-bond acceptors (Lipinski definition) is 3. The summed E-state index contributed by atoms with van der Waals surface area (Å²) in [4.78, 5) is 9.10. The lowest BCUT2D eigenvalue weighted by molar-refractivity contribution is 0.627. The molecule has 0 atom stereocenters. The summed E-state index contributed by atoms with van der Waals surface area (Å²) < 4.78 is 29.4. The van der Waals surface area contributed by atoms with Crippen LogP contribution in [0.3, 0.4) is 0 Å². The number of hydrogen-bond donors (Lipinski definition) is 1. The van der Waals surface area contributed by atoms with Crippen LogP contribution >= 0.6 is 0 Å². The Balaban J connectivity index is 1.96. The van der Waals surface area contributed by atoms with Crippen molar-refractivity contribution in [1.82, 2.24) is 14.5 Å². The Labute approximate surface area is 155 Å². The highest BCUT2D eigenvalue weighted by molar-refractivity contribution is 5.94. The third-order valence-corrected chi connectivity index (χ3v) is 4.68. The molecule has 4 rings (SSSR count). The molecule has 0 aliphatic carbocycles. The molecule has 0 amide bonds. The quantitative estimate of drug-likeness (QED) is 0.532. The van der Waals surface area contributed by atoms with Gasteiger partial charge in [-0.15, -0.1) is 0 Å². The molecule has 0 saturated carbocycles.